The second-order valence-electron chi connectivity index (χ2n) is 4.19. The summed E-state index contributed by atoms with van der Waals surface area (Å²) in [6, 6.07) is 9.52. The number of fused-ring (bicyclic) bond motifs is 1. The molecule has 2 aromatic heterocycles. The third-order valence-corrected chi connectivity index (χ3v) is 4.01. The van der Waals surface area contributed by atoms with Crippen LogP contribution in [-0.2, 0) is 6.54 Å². The molecule has 0 bridgehead atoms. The molecular weight excluding hydrogens is 294 g/mol. The third kappa shape index (κ3) is 2.84. The number of rotatable bonds is 4. The highest BCUT2D eigenvalue weighted by Crippen LogP contribution is 2.28. The van der Waals surface area contributed by atoms with Gasteiger partial charge in [-0.1, -0.05) is 29.0 Å². The van der Waals surface area contributed by atoms with Crippen molar-refractivity contribution in [1.29, 1.82) is 0 Å². The van der Waals surface area contributed by atoms with E-state index in [1.165, 1.54) is 0 Å². The Morgan fingerprint density at radius 2 is 2.20 bits per heavy atom. The van der Waals surface area contributed by atoms with Crippen molar-refractivity contribution in [1.82, 2.24) is 9.97 Å². The Bertz CT molecular complexity index is 727. The Morgan fingerprint density at radius 1 is 1.30 bits per heavy atom. The zero-order chi connectivity index (χ0) is 13.9. The van der Waals surface area contributed by atoms with E-state index in [1.54, 1.807) is 24.6 Å². The molecular formula is C14H12ClN3OS. The van der Waals surface area contributed by atoms with Crippen molar-refractivity contribution in [2.45, 2.75) is 6.54 Å². The average molecular weight is 306 g/mol. The summed E-state index contributed by atoms with van der Waals surface area (Å²) in [5.74, 6) is 0.614. The maximum absolute atomic E-state index is 5.97. The van der Waals surface area contributed by atoms with Gasteiger partial charge in [0.25, 0.3) is 0 Å². The van der Waals surface area contributed by atoms with Crippen LogP contribution in [0.15, 0.2) is 36.5 Å². The Kier molecular flexibility index (Phi) is 3.71. The summed E-state index contributed by atoms with van der Waals surface area (Å²) < 4.78 is 6.11. The number of benzene rings is 1. The Morgan fingerprint density at radius 3 is 2.95 bits per heavy atom. The van der Waals surface area contributed by atoms with Crippen molar-refractivity contribution in [2.24, 2.45) is 0 Å². The molecule has 4 nitrogen and oxygen atoms in total. The van der Waals surface area contributed by atoms with Crippen molar-refractivity contribution < 1.29 is 4.74 Å². The van der Waals surface area contributed by atoms with Crippen LogP contribution in [0.1, 0.15) is 5.56 Å². The molecule has 0 saturated heterocycles. The molecule has 0 atom stereocenters. The molecule has 2 heterocycles. The monoisotopic (exact) mass is 305 g/mol. The van der Waals surface area contributed by atoms with E-state index >= 15 is 0 Å². The van der Waals surface area contributed by atoms with E-state index < -0.39 is 0 Å². The number of nitrogens with zero attached hydrogens (tertiary/aromatic N) is 2. The molecule has 0 saturated carbocycles. The summed E-state index contributed by atoms with van der Waals surface area (Å²) in [4.78, 5) is 8.67. The standard InChI is InChI=1S/C14H12ClN3OS/c1-19-13-5-2-9(7-16-13)8-17-14-18-11-4-3-10(15)6-12(11)20-14/h2-7H,8H2,1H3,(H,17,18). The molecule has 6 heteroatoms. The molecule has 0 amide bonds. The van der Waals surface area contributed by atoms with Crippen LogP contribution in [0.4, 0.5) is 5.13 Å². The number of methoxy groups -OCH3 is 1. The fourth-order valence-electron chi connectivity index (χ4n) is 1.79. The summed E-state index contributed by atoms with van der Waals surface area (Å²) in [7, 11) is 1.60. The molecule has 0 unspecified atom stereocenters. The number of halogens is 1. The molecule has 0 aliphatic heterocycles. The molecule has 3 aromatic rings. The molecule has 20 heavy (non-hydrogen) atoms. The van der Waals surface area contributed by atoms with Gasteiger partial charge in [-0.3, -0.25) is 0 Å². The predicted octanol–water partition coefficient (Wildman–Crippen LogP) is 3.97. The van der Waals surface area contributed by atoms with Crippen LogP contribution in [0.25, 0.3) is 10.2 Å². The highest BCUT2D eigenvalue weighted by atomic mass is 35.5. The van der Waals surface area contributed by atoms with E-state index in [4.69, 9.17) is 16.3 Å². The highest BCUT2D eigenvalue weighted by molar-refractivity contribution is 7.22. The Hall–Kier alpha value is -1.85. The second kappa shape index (κ2) is 5.64. The first-order chi connectivity index (χ1) is 9.74. The minimum atomic E-state index is 0.614. The van der Waals surface area contributed by atoms with Crippen molar-refractivity contribution in [2.75, 3.05) is 12.4 Å². The van der Waals surface area contributed by atoms with Gasteiger partial charge in [-0.15, -0.1) is 0 Å². The topological polar surface area (TPSA) is 47.0 Å². The molecule has 0 fully saturated rings. The first kappa shape index (κ1) is 13.1. The Balaban J connectivity index is 1.72. The molecule has 1 N–H and O–H groups in total. The van der Waals surface area contributed by atoms with Gasteiger partial charge < -0.3 is 10.1 Å². The van der Waals surface area contributed by atoms with E-state index in [0.717, 1.165) is 25.9 Å². The van der Waals surface area contributed by atoms with Gasteiger partial charge >= 0.3 is 0 Å². The van der Waals surface area contributed by atoms with Gasteiger partial charge in [0.2, 0.25) is 5.88 Å². The lowest BCUT2D eigenvalue weighted by atomic mass is 10.3. The summed E-state index contributed by atoms with van der Waals surface area (Å²) >= 11 is 7.55. The molecule has 0 aliphatic rings. The molecule has 0 aliphatic carbocycles. The molecule has 0 radical (unpaired) electrons. The van der Waals surface area contributed by atoms with E-state index in [1.807, 2.05) is 30.3 Å². The third-order valence-electron chi connectivity index (χ3n) is 2.80. The quantitative estimate of drug-likeness (QED) is 0.792. The lowest BCUT2D eigenvalue weighted by Crippen LogP contribution is -1.99. The number of thiazole rings is 1. The van der Waals surface area contributed by atoms with E-state index in [0.29, 0.717) is 12.4 Å². The van der Waals surface area contributed by atoms with Gasteiger partial charge in [-0.25, -0.2) is 9.97 Å². The highest BCUT2D eigenvalue weighted by Gasteiger charge is 2.04. The fraction of sp³-hybridized carbons (Fsp3) is 0.143. The number of ether oxygens (including phenoxy) is 1. The molecule has 3 rings (SSSR count). The largest absolute Gasteiger partial charge is 0.481 e. The van der Waals surface area contributed by atoms with Crippen molar-refractivity contribution in [3.05, 3.63) is 47.1 Å². The number of pyridine rings is 1. The summed E-state index contributed by atoms with van der Waals surface area (Å²) in [5, 5.41) is 4.89. The number of hydrogen-bond donors (Lipinski definition) is 1. The number of aromatic nitrogens is 2. The van der Waals surface area contributed by atoms with Gasteiger partial charge in [-0.05, 0) is 23.8 Å². The van der Waals surface area contributed by atoms with E-state index in [-0.39, 0.29) is 0 Å². The average Bonchev–Trinajstić information content (AvgIpc) is 2.87. The maximum atomic E-state index is 5.97. The number of hydrogen-bond acceptors (Lipinski definition) is 5. The normalized spacial score (nSPS) is 10.7. The van der Waals surface area contributed by atoms with Crippen molar-refractivity contribution >= 4 is 38.3 Å². The van der Waals surface area contributed by atoms with Crippen LogP contribution in [0.5, 0.6) is 5.88 Å². The zero-order valence-corrected chi connectivity index (χ0v) is 12.3. The molecule has 0 spiro atoms. The van der Waals surface area contributed by atoms with Gasteiger partial charge in [0, 0.05) is 23.8 Å². The van der Waals surface area contributed by atoms with Gasteiger partial charge in [0.15, 0.2) is 5.13 Å². The smallest absolute Gasteiger partial charge is 0.212 e. The molecule has 1 aromatic carbocycles. The number of nitrogens with one attached hydrogen (secondary N) is 1. The number of anilines is 1. The first-order valence-electron chi connectivity index (χ1n) is 6.03. The van der Waals surface area contributed by atoms with Crippen molar-refractivity contribution in [3.8, 4) is 5.88 Å². The van der Waals surface area contributed by atoms with Gasteiger partial charge in [-0.2, -0.15) is 0 Å². The molecule has 102 valence electrons. The van der Waals surface area contributed by atoms with Crippen LogP contribution >= 0.6 is 22.9 Å². The maximum Gasteiger partial charge on any atom is 0.212 e. The zero-order valence-electron chi connectivity index (χ0n) is 10.8. The summed E-state index contributed by atoms with van der Waals surface area (Å²) in [5.41, 5.74) is 2.03. The summed E-state index contributed by atoms with van der Waals surface area (Å²) in [6.45, 7) is 0.671. The van der Waals surface area contributed by atoms with E-state index in [2.05, 4.69) is 15.3 Å². The minimum absolute atomic E-state index is 0.614. The van der Waals surface area contributed by atoms with Crippen LogP contribution in [-0.4, -0.2) is 17.1 Å². The summed E-state index contributed by atoms with van der Waals surface area (Å²) in [6.07, 6.45) is 1.79. The first-order valence-corrected chi connectivity index (χ1v) is 7.23. The Labute approximate surface area is 125 Å². The minimum Gasteiger partial charge on any atom is -0.481 e. The fourth-order valence-corrected chi connectivity index (χ4v) is 2.93. The predicted molar refractivity (Wildman–Crippen MR) is 82.7 cm³/mol. The van der Waals surface area contributed by atoms with Crippen LogP contribution < -0.4 is 10.1 Å². The SMILES string of the molecule is COc1ccc(CNc2nc3ccc(Cl)cc3s2)cn1. The lowest BCUT2D eigenvalue weighted by molar-refractivity contribution is 0.397. The van der Waals surface area contributed by atoms with Crippen LogP contribution in [0.2, 0.25) is 5.02 Å². The van der Waals surface area contributed by atoms with E-state index in [9.17, 15) is 0 Å². The van der Waals surface area contributed by atoms with Gasteiger partial charge in [0.05, 0.1) is 17.3 Å². The lowest BCUT2D eigenvalue weighted by Gasteiger charge is -2.03. The second-order valence-corrected chi connectivity index (χ2v) is 5.66. The van der Waals surface area contributed by atoms with Crippen molar-refractivity contribution in [3.63, 3.8) is 0 Å². The van der Waals surface area contributed by atoms with Gasteiger partial charge in [0.1, 0.15) is 0 Å². The van der Waals surface area contributed by atoms with Crippen LogP contribution in [0, 0.1) is 0 Å². The van der Waals surface area contributed by atoms with Crippen LogP contribution in [0.3, 0.4) is 0 Å².